The second-order valence-corrected chi connectivity index (χ2v) is 7.34. The van der Waals surface area contributed by atoms with Crippen molar-refractivity contribution in [2.24, 2.45) is 0 Å². The van der Waals surface area contributed by atoms with Gasteiger partial charge in [0, 0.05) is 31.5 Å². The predicted molar refractivity (Wildman–Crippen MR) is 94.8 cm³/mol. The predicted octanol–water partition coefficient (Wildman–Crippen LogP) is 4.46. The molecule has 24 heavy (non-hydrogen) atoms. The number of rotatable bonds is 4. The van der Waals surface area contributed by atoms with E-state index in [1.807, 2.05) is 17.9 Å². The summed E-state index contributed by atoms with van der Waals surface area (Å²) in [6.07, 6.45) is 6.07. The van der Waals surface area contributed by atoms with Crippen LogP contribution in [0.2, 0.25) is 0 Å². The van der Waals surface area contributed by atoms with E-state index in [1.165, 1.54) is 6.07 Å². The summed E-state index contributed by atoms with van der Waals surface area (Å²) in [5.74, 6) is 0.586. The number of likely N-dealkylation sites (tertiary alicyclic amines) is 1. The Bertz CT molecular complexity index is 596. The smallest absolute Gasteiger partial charge is 0.246 e. The lowest BCUT2D eigenvalue weighted by atomic mass is 9.86. The number of nitrogens with zero attached hydrogens (tertiary/aromatic N) is 1. The zero-order valence-electron chi connectivity index (χ0n) is 15.1. The Balaban J connectivity index is 2.00. The Morgan fingerprint density at radius 1 is 1.33 bits per heavy atom. The number of piperidine rings is 1. The van der Waals surface area contributed by atoms with Gasteiger partial charge < -0.3 is 9.64 Å². The van der Waals surface area contributed by atoms with Gasteiger partial charge in [-0.15, -0.1) is 0 Å². The van der Waals surface area contributed by atoms with Crippen molar-refractivity contribution < 1.29 is 13.9 Å². The van der Waals surface area contributed by atoms with E-state index in [0.29, 0.717) is 13.1 Å². The normalized spacial score (nSPS) is 16.6. The molecule has 0 atom stereocenters. The summed E-state index contributed by atoms with van der Waals surface area (Å²) in [6.45, 7) is 9.56. The van der Waals surface area contributed by atoms with Gasteiger partial charge in [0.15, 0.2) is 0 Å². The van der Waals surface area contributed by atoms with Crippen LogP contribution in [0.3, 0.4) is 0 Å². The summed E-state index contributed by atoms with van der Waals surface area (Å²) in [5.41, 5.74) is 0.700. The van der Waals surface area contributed by atoms with Crippen molar-refractivity contribution in [2.45, 2.75) is 58.5 Å². The summed E-state index contributed by atoms with van der Waals surface area (Å²) in [7, 11) is 0. The topological polar surface area (TPSA) is 29.5 Å². The van der Waals surface area contributed by atoms with E-state index < -0.39 is 0 Å². The number of benzene rings is 1. The number of ether oxygens (including phenoxy) is 1. The maximum atomic E-state index is 13.6. The van der Waals surface area contributed by atoms with Crippen LogP contribution in [0.1, 0.15) is 52.5 Å². The van der Waals surface area contributed by atoms with Crippen LogP contribution in [0, 0.1) is 5.82 Å². The molecule has 1 aromatic carbocycles. The molecule has 1 aliphatic heterocycles. The van der Waals surface area contributed by atoms with Crippen LogP contribution < -0.4 is 4.74 Å². The van der Waals surface area contributed by atoms with Crippen molar-refractivity contribution in [3.63, 3.8) is 0 Å². The molecule has 1 amide bonds. The van der Waals surface area contributed by atoms with Crippen molar-refractivity contribution in [2.75, 3.05) is 13.1 Å². The van der Waals surface area contributed by atoms with E-state index in [4.69, 9.17) is 4.74 Å². The van der Waals surface area contributed by atoms with Crippen LogP contribution in [0.5, 0.6) is 5.75 Å². The van der Waals surface area contributed by atoms with E-state index in [-0.39, 0.29) is 23.2 Å². The molecule has 0 aromatic heterocycles. The second kappa shape index (κ2) is 7.82. The van der Waals surface area contributed by atoms with Crippen LogP contribution in [0.4, 0.5) is 4.39 Å². The first-order chi connectivity index (χ1) is 11.3. The Morgan fingerprint density at radius 3 is 2.58 bits per heavy atom. The van der Waals surface area contributed by atoms with Crippen molar-refractivity contribution in [1.82, 2.24) is 4.90 Å². The molecule has 0 N–H and O–H groups in total. The van der Waals surface area contributed by atoms with Gasteiger partial charge in [0.25, 0.3) is 0 Å². The second-order valence-electron chi connectivity index (χ2n) is 7.34. The van der Waals surface area contributed by atoms with Gasteiger partial charge in [0.1, 0.15) is 17.7 Å². The molecule has 0 radical (unpaired) electrons. The van der Waals surface area contributed by atoms with Crippen molar-refractivity contribution >= 4 is 5.91 Å². The van der Waals surface area contributed by atoms with E-state index in [2.05, 4.69) is 20.8 Å². The zero-order valence-corrected chi connectivity index (χ0v) is 15.1. The summed E-state index contributed by atoms with van der Waals surface area (Å²) in [4.78, 5) is 13.9. The molecule has 1 saturated heterocycles. The van der Waals surface area contributed by atoms with Gasteiger partial charge in [-0.2, -0.15) is 0 Å². The van der Waals surface area contributed by atoms with Gasteiger partial charge >= 0.3 is 0 Å². The van der Waals surface area contributed by atoms with Gasteiger partial charge in [0.05, 0.1) is 0 Å². The first kappa shape index (κ1) is 18.5. The summed E-state index contributed by atoms with van der Waals surface area (Å²) in [6, 6.07) is 4.72. The molecule has 132 valence electrons. The first-order valence-electron chi connectivity index (χ1n) is 8.73. The van der Waals surface area contributed by atoms with Crippen molar-refractivity contribution in [3.8, 4) is 5.75 Å². The number of hydrogen-bond donors (Lipinski definition) is 0. The van der Waals surface area contributed by atoms with Gasteiger partial charge in [-0.1, -0.05) is 33.8 Å². The van der Waals surface area contributed by atoms with E-state index in [9.17, 15) is 9.18 Å². The molecule has 4 heteroatoms. The lowest BCUT2D eigenvalue weighted by Crippen LogP contribution is -2.41. The molecule has 1 fully saturated rings. The average molecular weight is 333 g/mol. The maximum absolute atomic E-state index is 13.6. The average Bonchev–Trinajstić information content (AvgIpc) is 2.54. The molecule has 0 aliphatic carbocycles. The fraction of sp³-hybridized carbons (Fsp3) is 0.550. The number of allylic oxidation sites excluding steroid dienone is 1. The Kier molecular flexibility index (Phi) is 6.03. The number of halogens is 1. The Hall–Kier alpha value is -1.84. The molecule has 3 nitrogen and oxygen atoms in total. The highest BCUT2D eigenvalue weighted by atomic mass is 19.1. The zero-order chi connectivity index (χ0) is 17.7. The van der Waals surface area contributed by atoms with Crippen LogP contribution in [0.15, 0.2) is 30.4 Å². The molecule has 0 bridgehead atoms. The summed E-state index contributed by atoms with van der Waals surface area (Å²) >= 11 is 0. The summed E-state index contributed by atoms with van der Waals surface area (Å²) < 4.78 is 19.7. The minimum Gasteiger partial charge on any atom is -0.490 e. The SMILES string of the molecule is CC/C=C/C(=O)N1CCC(Oc2ccc(F)cc2C(C)(C)C)CC1. The fourth-order valence-corrected chi connectivity index (χ4v) is 2.89. The van der Waals surface area contributed by atoms with Gasteiger partial charge in [-0.25, -0.2) is 4.39 Å². The van der Waals surface area contributed by atoms with Crippen LogP contribution in [-0.4, -0.2) is 30.0 Å². The van der Waals surface area contributed by atoms with Crippen molar-refractivity contribution in [1.29, 1.82) is 0 Å². The lowest BCUT2D eigenvalue weighted by Gasteiger charge is -2.33. The minimum absolute atomic E-state index is 0.0655. The maximum Gasteiger partial charge on any atom is 0.246 e. The lowest BCUT2D eigenvalue weighted by molar-refractivity contribution is -0.127. The fourth-order valence-electron chi connectivity index (χ4n) is 2.89. The van der Waals surface area contributed by atoms with Crippen molar-refractivity contribution in [3.05, 3.63) is 41.7 Å². The third-order valence-electron chi connectivity index (χ3n) is 4.29. The van der Waals surface area contributed by atoms with Crippen LogP contribution in [-0.2, 0) is 10.2 Å². The van der Waals surface area contributed by atoms with Crippen LogP contribution in [0.25, 0.3) is 0 Å². The minimum atomic E-state index is -0.240. The van der Waals surface area contributed by atoms with E-state index in [0.717, 1.165) is 30.6 Å². The molecule has 2 rings (SSSR count). The third-order valence-corrected chi connectivity index (χ3v) is 4.29. The highest BCUT2D eigenvalue weighted by molar-refractivity contribution is 5.87. The molecule has 1 heterocycles. The standard InChI is InChI=1S/C20H28FNO2/c1-5-6-7-19(23)22-12-10-16(11-13-22)24-18-9-8-15(21)14-17(18)20(2,3)4/h6-9,14,16H,5,10-13H2,1-4H3/b7-6+. The monoisotopic (exact) mass is 333 g/mol. The molecular formula is C20H28FNO2. The molecule has 0 spiro atoms. The molecular weight excluding hydrogens is 305 g/mol. The third kappa shape index (κ3) is 4.83. The molecule has 1 aromatic rings. The van der Waals surface area contributed by atoms with Gasteiger partial charge in [0.2, 0.25) is 5.91 Å². The van der Waals surface area contributed by atoms with Gasteiger partial charge in [-0.3, -0.25) is 4.79 Å². The highest BCUT2D eigenvalue weighted by Crippen LogP contribution is 2.33. The van der Waals surface area contributed by atoms with E-state index in [1.54, 1.807) is 18.2 Å². The first-order valence-corrected chi connectivity index (χ1v) is 8.73. The summed E-state index contributed by atoms with van der Waals surface area (Å²) in [5, 5.41) is 0. The quantitative estimate of drug-likeness (QED) is 0.761. The number of carbonyl (C=O) groups is 1. The molecule has 0 unspecified atom stereocenters. The largest absolute Gasteiger partial charge is 0.490 e. The highest BCUT2D eigenvalue weighted by Gasteiger charge is 2.25. The Morgan fingerprint density at radius 2 is 2.00 bits per heavy atom. The molecule has 1 aliphatic rings. The molecule has 0 saturated carbocycles. The number of carbonyl (C=O) groups excluding carboxylic acids is 1. The van der Waals surface area contributed by atoms with E-state index >= 15 is 0 Å². The number of amides is 1. The van der Waals surface area contributed by atoms with Gasteiger partial charge in [-0.05, 0) is 36.1 Å². The Labute approximate surface area is 144 Å². The van der Waals surface area contributed by atoms with Crippen LogP contribution >= 0.6 is 0 Å². The number of hydrogen-bond acceptors (Lipinski definition) is 2.